The summed E-state index contributed by atoms with van der Waals surface area (Å²) in [5.74, 6) is 0.874. The number of hydrogen-bond acceptors (Lipinski definition) is 5. The van der Waals surface area contributed by atoms with Crippen LogP contribution < -0.4 is 5.32 Å². The van der Waals surface area contributed by atoms with Gasteiger partial charge in [0.05, 0.1) is 35.2 Å². The molecule has 0 aliphatic heterocycles. The number of benzene rings is 1. The quantitative estimate of drug-likeness (QED) is 0.721. The van der Waals surface area contributed by atoms with Crippen LogP contribution in [0, 0.1) is 6.92 Å². The van der Waals surface area contributed by atoms with Crippen molar-refractivity contribution < 1.29 is 22.5 Å². The van der Waals surface area contributed by atoms with Gasteiger partial charge in [-0.05, 0) is 38.0 Å². The number of hydrogen-bond donors (Lipinski definition) is 1. The first-order chi connectivity index (χ1) is 13.3. The van der Waals surface area contributed by atoms with Gasteiger partial charge in [-0.25, -0.2) is 4.68 Å². The number of carbonyl (C=O) groups is 1. The van der Waals surface area contributed by atoms with E-state index in [9.17, 15) is 18.0 Å². The molecule has 10 heteroatoms. The van der Waals surface area contributed by atoms with Crippen LogP contribution in [0.1, 0.15) is 52.1 Å². The highest BCUT2D eigenvalue weighted by Gasteiger charge is 2.31. The maximum Gasteiger partial charge on any atom is 0.416 e. The molecule has 3 aromatic rings. The Kier molecular flexibility index (Phi) is 4.40. The van der Waals surface area contributed by atoms with E-state index in [1.807, 2.05) is 0 Å². The van der Waals surface area contributed by atoms with E-state index in [1.54, 1.807) is 6.92 Å². The number of aromatic nitrogens is 4. The van der Waals surface area contributed by atoms with E-state index in [4.69, 9.17) is 4.52 Å². The summed E-state index contributed by atoms with van der Waals surface area (Å²) in [6, 6.07) is 4.76. The highest BCUT2D eigenvalue weighted by Crippen LogP contribution is 2.38. The average Bonchev–Trinajstić information content (AvgIpc) is 3.28. The monoisotopic (exact) mass is 391 g/mol. The van der Waals surface area contributed by atoms with Crippen LogP contribution in [-0.2, 0) is 12.7 Å². The topological polar surface area (TPSA) is 85.8 Å². The minimum Gasteiger partial charge on any atom is -0.343 e. The maximum atomic E-state index is 12.9. The van der Waals surface area contributed by atoms with Gasteiger partial charge >= 0.3 is 6.18 Å². The molecule has 4 rings (SSSR count). The van der Waals surface area contributed by atoms with Crippen LogP contribution in [0.3, 0.4) is 0 Å². The third kappa shape index (κ3) is 3.62. The van der Waals surface area contributed by atoms with Gasteiger partial charge in [0, 0.05) is 5.92 Å². The standard InChI is InChI=1S/C18H16F3N5O2/c1-10-14(17(27)22-9-15-24-16(25-28-15)11-5-6-11)8-23-26(10)13-4-2-3-12(7-13)18(19,20)21/h2-4,7-8,11H,5-6,9H2,1H3,(H,22,27). The predicted molar refractivity (Wildman–Crippen MR) is 90.7 cm³/mol. The van der Waals surface area contributed by atoms with Crippen LogP contribution >= 0.6 is 0 Å². The maximum absolute atomic E-state index is 12.9. The first-order valence-electron chi connectivity index (χ1n) is 8.66. The zero-order valence-electron chi connectivity index (χ0n) is 14.8. The van der Waals surface area contributed by atoms with E-state index >= 15 is 0 Å². The summed E-state index contributed by atoms with van der Waals surface area (Å²) in [7, 11) is 0. The fourth-order valence-corrected chi connectivity index (χ4v) is 2.81. The summed E-state index contributed by atoms with van der Waals surface area (Å²) >= 11 is 0. The molecule has 0 unspecified atom stereocenters. The van der Waals surface area contributed by atoms with Crippen molar-refractivity contribution in [3.63, 3.8) is 0 Å². The third-order valence-corrected chi connectivity index (χ3v) is 4.50. The van der Waals surface area contributed by atoms with Crippen LogP contribution in [-0.4, -0.2) is 25.8 Å². The molecule has 1 amide bonds. The predicted octanol–water partition coefficient (Wildman–Crippen LogP) is 3.39. The molecule has 0 saturated heterocycles. The van der Waals surface area contributed by atoms with E-state index in [-0.39, 0.29) is 17.8 Å². The molecular weight excluding hydrogens is 375 g/mol. The zero-order valence-corrected chi connectivity index (χ0v) is 14.8. The highest BCUT2D eigenvalue weighted by atomic mass is 19.4. The molecule has 1 aromatic carbocycles. The molecule has 0 atom stereocenters. The second-order valence-electron chi connectivity index (χ2n) is 6.61. The van der Waals surface area contributed by atoms with Crippen molar-refractivity contribution in [2.45, 2.75) is 38.4 Å². The average molecular weight is 391 g/mol. The van der Waals surface area contributed by atoms with Gasteiger partial charge in [0.2, 0.25) is 5.89 Å². The van der Waals surface area contributed by atoms with Crippen LogP contribution in [0.5, 0.6) is 0 Å². The smallest absolute Gasteiger partial charge is 0.343 e. The third-order valence-electron chi connectivity index (χ3n) is 4.50. The minimum absolute atomic E-state index is 0.0622. The zero-order chi connectivity index (χ0) is 19.9. The molecule has 2 aromatic heterocycles. The lowest BCUT2D eigenvalue weighted by Gasteiger charge is -2.10. The largest absolute Gasteiger partial charge is 0.416 e. The molecule has 2 heterocycles. The Morgan fingerprint density at radius 1 is 1.36 bits per heavy atom. The molecule has 1 aliphatic carbocycles. The number of halogens is 3. The summed E-state index contributed by atoms with van der Waals surface area (Å²) in [5, 5.41) is 10.6. The Hall–Kier alpha value is -3.17. The number of carbonyl (C=O) groups excluding carboxylic acids is 1. The first-order valence-corrected chi connectivity index (χ1v) is 8.66. The van der Waals surface area contributed by atoms with Crippen LogP contribution in [0.4, 0.5) is 13.2 Å². The SMILES string of the molecule is Cc1c(C(=O)NCc2nc(C3CC3)no2)cnn1-c1cccc(C(F)(F)F)c1. The van der Waals surface area contributed by atoms with Gasteiger partial charge in [-0.15, -0.1) is 0 Å². The Morgan fingerprint density at radius 2 is 2.14 bits per heavy atom. The molecule has 0 bridgehead atoms. The van der Waals surface area contributed by atoms with E-state index in [0.29, 0.717) is 23.3 Å². The van der Waals surface area contributed by atoms with Crippen molar-refractivity contribution in [1.29, 1.82) is 0 Å². The molecular formula is C18H16F3N5O2. The van der Waals surface area contributed by atoms with Crippen molar-refractivity contribution in [3.8, 4) is 5.69 Å². The summed E-state index contributed by atoms with van der Waals surface area (Å²) in [5.41, 5.74) is 0.103. The molecule has 1 fully saturated rings. The van der Waals surface area contributed by atoms with Crippen molar-refractivity contribution in [3.05, 3.63) is 59.0 Å². The number of nitrogens with zero attached hydrogens (tertiary/aromatic N) is 4. The van der Waals surface area contributed by atoms with Crippen molar-refractivity contribution in [2.24, 2.45) is 0 Å². The van der Waals surface area contributed by atoms with Gasteiger partial charge in [-0.1, -0.05) is 11.2 Å². The highest BCUT2D eigenvalue weighted by molar-refractivity contribution is 5.95. The lowest BCUT2D eigenvalue weighted by Crippen LogP contribution is -2.23. The number of alkyl halides is 3. The normalized spacial score (nSPS) is 14.3. The van der Waals surface area contributed by atoms with Crippen molar-refractivity contribution >= 4 is 5.91 Å². The van der Waals surface area contributed by atoms with E-state index < -0.39 is 17.6 Å². The van der Waals surface area contributed by atoms with E-state index in [2.05, 4.69) is 20.6 Å². The van der Waals surface area contributed by atoms with Crippen LogP contribution in [0.25, 0.3) is 5.69 Å². The minimum atomic E-state index is -4.46. The second-order valence-corrected chi connectivity index (χ2v) is 6.61. The van der Waals surface area contributed by atoms with Gasteiger partial charge in [-0.2, -0.15) is 23.3 Å². The first kappa shape index (κ1) is 18.2. The van der Waals surface area contributed by atoms with Gasteiger partial charge in [0.15, 0.2) is 5.82 Å². The summed E-state index contributed by atoms with van der Waals surface area (Å²) in [4.78, 5) is 16.7. The molecule has 1 saturated carbocycles. The molecule has 1 aliphatic rings. The van der Waals surface area contributed by atoms with Gasteiger partial charge in [-0.3, -0.25) is 4.79 Å². The molecule has 146 valence electrons. The molecule has 1 N–H and O–H groups in total. The molecule has 0 spiro atoms. The Morgan fingerprint density at radius 3 is 2.86 bits per heavy atom. The van der Waals surface area contributed by atoms with Gasteiger partial charge in [0.25, 0.3) is 5.91 Å². The molecule has 7 nitrogen and oxygen atoms in total. The van der Waals surface area contributed by atoms with Crippen molar-refractivity contribution in [1.82, 2.24) is 25.2 Å². The van der Waals surface area contributed by atoms with E-state index in [0.717, 1.165) is 25.0 Å². The van der Waals surface area contributed by atoms with Gasteiger partial charge < -0.3 is 9.84 Å². The summed E-state index contributed by atoms with van der Waals surface area (Å²) < 4.78 is 45.2. The Labute approximate surface area is 157 Å². The number of rotatable bonds is 5. The van der Waals surface area contributed by atoms with Gasteiger partial charge in [0.1, 0.15) is 0 Å². The Balaban J connectivity index is 1.48. The second kappa shape index (κ2) is 6.77. The summed E-state index contributed by atoms with van der Waals surface area (Å²) in [6.07, 6.45) is -1.06. The summed E-state index contributed by atoms with van der Waals surface area (Å²) in [6.45, 7) is 1.67. The van der Waals surface area contributed by atoms with Crippen molar-refractivity contribution in [2.75, 3.05) is 0 Å². The number of nitrogens with one attached hydrogen (secondary N) is 1. The number of amides is 1. The lowest BCUT2D eigenvalue weighted by atomic mass is 10.2. The molecule has 0 radical (unpaired) electrons. The molecule has 28 heavy (non-hydrogen) atoms. The van der Waals surface area contributed by atoms with Crippen LogP contribution in [0.15, 0.2) is 35.0 Å². The fourth-order valence-electron chi connectivity index (χ4n) is 2.81. The Bertz CT molecular complexity index is 1020. The fraction of sp³-hybridized carbons (Fsp3) is 0.333. The van der Waals surface area contributed by atoms with E-state index in [1.165, 1.54) is 23.0 Å². The van der Waals surface area contributed by atoms with Crippen LogP contribution in [0.2, 0.25) is 0 Å². The lowest BCUT2D eigenvalue weighted by molar-refractivity contribution is -0.137.